The van der Waals surface area contributed by atoms with Gasteiger partial charge in [0.2, 0.25) is 0 Å². The minimum absolute atomic E-state index is 0.0108. The SMILES string of the molecule is Cc1ccc(C(=O)C2(C(F)(F)F)CCNC2)cc1Cl. The molecule has 0 spiro atoms. The van der Waals surface area contributed by atoms with Gasteiger partial charge in [0, 0.05) is 17.1 Å². The van der Waals surface area contributed by atoms with Gasteiger partial charge in [-0.05, 0) is 31.5 Å². The minimum Gasteiger partial charge on any atom is -0.315 e. The highest BCUT2D eigenvalue weighted by Crippen LogP contribution is 2.45. The highest BCUT2D eigenvalue weighted by Gasteiger charge is 2.61. The summed E-state index contributed by atoms with van der Waals surface area (Å²) in [6.45, 7) is 1.54. The van der Waals surface area contributed by atoms with Gasteiger partial charge in [-0.2, -0.15) is 13.2 Å². The van der Waals surface area contributed by atoms with Crippen molar-refractivity contribution < 1.29 is 18.0 Å². The maximum atomic E-state index is 13.2. The number of alkyl halides is 3. The third-order valence-electron chi connectivity index (χ3n) is 3.57. The smallest absolute Gasteiger partial charge is 0.315 e. The van der Waals surface area contributed by atoms with Crippen LogP contribution in [-0.2, 0) is 0 Å². The Labute approximate surface area is 113 Å². The standard InChI is InChI=1S/C13H13ClF3NO/c1-8-2-3-9(6-10(8)14)11(19)12(13(15,16)17)4-5-18-7-12/h2-3,6,18H,4-5,7H2,1H3. The molecule has 1 aliphatic rings. The predicted molar refractivity (Wildman–Crippen MR) is 66.5 cm³/mol. The third-order valence-corrected chi connectivity index (χ3v) is 3.97. The Kier molecular flexibility index (Phi) is 3.62. The van der Waals surface area contributed by atoms with E-state index in [0.717, 1.165) is 5.56 Å². The number of hydrogen-bond donors (Lipinski definition) is 1. The first-order chi connectivity index (χ1) is 8.78. The van der Waals surface area contributed by atoms with Gasteiger partial charge in [-0.3, -0.25) is 4.79 Å². The van der Waals surface area contributed by atoms with Crippen LogP contribution in [0.2, 0.25) is 5.02 Å². The average molecular weight is 292 g/mol. The zero-order valence-electron chi connectivity index (χ0n) is 10.3. The Morgan fingerprint density at radius 2 is 2.11 bits per heavy atom. The second-order valence-corrected chi connectivity index (χ2v) is 5.21. The Morgan fingerprint density at radius 3 is 2.58 bits per heavy atom. The number of aryl methyl sites for hydroxylation is 1. The van der Waals surface area contributed by atoms with E-state index in [2.05, 4.69) is 5.32 Å². The van der Waals surface area contributed by atoms with Crippen molar-refractivity contribution >= 4 is 17.4 Å². The van der Waals surface area contributed by atoms with Crippen LogP contribution in [0.5, 0.6) is 0 Å². The molecule has 1 N–H and O–H groups in total. The van der Waals surface area contributed by atoms with Gasteiger partial charge in [0.05, 0.1) is 0 Å². The number of Topliss-reactive ketones (excluding diaryl/α,β-unsaturated/α-hetero) is 1. The molecule has 0 bridgehead atoms. The number of carbonyl (C=O) groups is 1. The van der Waals surface area contributed by atoms with Crippen LogP contribution in [-0.4, -0.2) is 25.0 Å². The second kappa shape index (κ2) is 4.80. The van der Waals surface area contributed by atoms with Gasteiger partial charge in [0.1, 0.15) is 5.41 Å². The molecule has 2 nitrogen and oxygen atoms in total. The van der Waals surface area contributed by atoms with Crippen molar-refractivity contribution in [3.63, 3.8) is 0 Å². The molecule has 1 atom stereocenters. The molecule has 6 heteroatoms. The summed E-state index contributed by atoms with van der Waals surface area (Å²) in [6, 6.07) is 4.27. The summed E-state index contributed by atoms with van der Waals surface area (Å²) in [6.07, 6.45) is -4.80. The zero-order chi connectivity index (χ0) is 14.3. The summed E-state index contributed by atoms with van der Waals surface area (Å²) in [7, 11) is 0. The molecule has 2 rings (SSSR count). The summed E-state index contributed by atoms with van der Waals surface area (Å²) in [5, 5.41) is 2.92. The molecule has 1 aromatic rings. The number of hydrogen-bond acceptors (Lipinski definition) is 2. The molecule has 1 aliphatic heterocycles. The molecule has 1 unspecified atom stereocenters. The van der Waals surface area contributed by atoms with Gasteiger partial charge >= 0.3 is 6.18 Å². The monoisotopic (exact) mass is 291 g/mol. The van der Waals surface area contributed by atoms with Gasteiger partial charge in [0.15, 0.2) is 5.78 Å². The number of rotatable bonds is 2. The normalized spacial score (nSPS) is 23.6. The largest absolute Gasteiger partial charge is 0.402 e. The first-order valence-corrected chi connectivity index (χ1v) is 6.24. The van der Waals surface area contributed by atoms with Crippen molar-refractivity contribution in [2.45, 2.75) is 19.5 Å². The van der Waals surface area contributed by atoms with E-state index >= 15 is 0 Å². The van der Waals surface area contributed by atoms with Crippen molar-refractivity contribution in [3.8, 4) is 0 Å². The molecule has 1 fully saturated rings. The van der Waals surface area contributed by atoms with Gasteiger partial charge in [-0.25, -0.2) is 0 Å². The number of ketones is 1. The van der Waals surface area contributed by atoms with Crippen molar-refractivity contribution in [3.05, 3.63) is 34.3 Å². The van der Waals surface area contributed by atoms with Crippen LogP contribution in [0.4, 0.5) is 13.2 Å². The maximum absolute atomic E-state index is 13.2. The molecule has 0 radical (unpaired) electrons. The molecule has 0 aliphatic carbocycles. The molecule has 0 aromatic heterocycles. The second-order valence-electron chi connectivity index (χ2n) is 4.80. The molecule has 0 amide bonds. The van der Waals surface area contributed by atoms with Crippen LogP contribution in [0.1, 0.15) is 22.3 Å². The van der Waals surface area contributed by atoms with Crippen LogP contribution in [0.15, 0.2) is 18.2 Å². The minimum atomic E-state index is -4.56. The van der Waals surface area contributed by atoms with Crippen LogP contribution in [0.25, 0.3) is 0 Å². The molecular weight excluding hydrogens is 279 g/mol. The zero-order valence-corrected chi connectivity index (χ0v) is 11.0. The molecule has 104 valence electrons. The van der Waals surface area contributed by atoms with Crippen molar-refractivity contribution in [2.24, 2.45) is 5.41 Å². The van der Waals surface area contributed by atoms with E-state index in [-0.39, 0.29) is 25.1 Å². The lowest BCUT2D eigenvalue weighted by Crippen LogP contribution is -2.46. The van der Waals surface area contributed by atoms with Crippen LogP contribution in [0, 0.1) is 12.3 Å². The summed E-state index contributed by atoms with van der Waals surface area (Å²) in [4.78, 5) is 12.3. The van der Waals surface area contributed by atoms with E-state index in [1.807, 2.05) is 0 Å². The highest BCUT2D eigenvalue weighted by molar-refractivity contribution is 6.31. The lowest BCUT2D eigenvalue weighted by molar-refractivity contribution is -0.197. The van der Waals surface area contributed by atoms with E-state index in [1.165, 1.54) is 12.1 Å². The first-order valence-electron chi connectivity index (χ1n) is 5.86. The molecule has 0 saturated carbocycles. The fourth-order valence-electron chi connectivity index (χ4n) is 2.27. The van der Waals surface area contributed by atoms with E-state index in [4.69, 9.17) is 11.6 Å². The van der Waals surface area contributed by atoms with Crippen LogP contribution >= 0.6 is 11.6 Å². The third kappa shape index (κ3) is 2.37. The number of benzene rings is 1. The molecule has 1 heterocycles. The Morgan fingerprint density at radius 1 is 1.42 bits per heavy atom. The lowest BCUT2D eigenvalue weighted by Gasteiger charge is -2.29. The van der Waals surface area contributed by atoms with E-state index in [9.17, 15) is 18.0 Å². The number of nitrogens with one attached hydrogen (secondary N) is 1. The fraction of sp³-hybridized carbons (Fsp3) is 0.462. The maximum Gasteiger partial charge on any atom is 0.402 e. The summed E-state index contributed by atoms with van der Waals surface area (Å²) in [5.41, 5.74) is -1.59. The molecule has 1 saturated heterocycles. The van der Waals surface area contributed by atoms with Crippen molar-refractivity contribution in [1.29, 1.82) is 0 Å². The van der Waals surface area contributed by atoms with Crippen molar-refractivity contribution in [1.82, 2.24) is 5.32 Å². The van der Waals surface area contributed by atoms with E-state index in [0.29, 0.717) is 5.02 Å². The summed E-state index contributed by atoms with van der Waals surface area (Å²) >= 11 is 5.88. The van der Waals surface area contributed by atoms with Crippen molar-refractivity contribution in [2.75, 3.05) is 13.1 Å². The van der Waals surface area contributed by atoms with Gasteiger partial charge < -0.3 is 5.32 Å². The summed E-state index contributed by atoms with van der Waals surface area (Å²) < 4.78 is 39.7. The summed E-state index contributed by atoms with van der Waals surface area (Å²) in [5.74, 6) is -0.910. The molecule has 1 aromatic carbocycles. The Hall–Kier alpha value is -1.07. The molecule has 19 heavy (non-hydrogen) atoms. The van der Waals surface area contributed by atoms with Gasteiger partial charge in [-0.1, -0.05) is 23.7 Å². The van der Waals surface area contributed by atoms with Gasteiger partial charge in [0.25, 0.3) is 0 Å². The number of carbonyl (C=O) groups excluding carboxylic acids is 1. The Bertz CT molecular complexity index is 507. The highest BCUT2D eigenvalue weighted by atomic mass is 35.5. The Balaban J connectivity index is 2.43. The lowest BCUT2D eigenvalue weighted by atomic mass is 9.78. The van der Waals surface area contributed by atoms with E-state index in [1.54, 1.807) is 13.0 Å². The van der Waals surface area contributed by atoms with E-state index < -0.39 is 17.4 Å². The molecular formula is C13H13ClF3NO. The first kappa shape index (κ1) is 14.3. The van der Waals surface area contributed by atoms with Crippen LogP contribution < -0.4 is 5.32 Å². The average Bonchev–Trinajstić information content (AvgIpc) is 2.81. The topological polar surface area (TPSA) is 29.1 Å². The quantitative estimate of drug-likeness (QED) is 0.847. The predicted octanol–water partition coefficient (Wildman–Crippen LogP) is 3.37. The van der Waals surface area contributed by atoms with Crippen LogP contribution in [0.3, 0.4) is 0 Å². The fourth-order valence-corrected chi connectivity index (χ4v) is 2.45. The number of halogens is 4. The van der Waals surface area contributed by atoms with Gasteiger partial charge in [-0.15, -0.1) is 0 Å².